The second kappa shape index (κ2) is 7.49. The molecule has 29 heavy (non-hydrogen) atoms. The molecule has 0 radical (unpaired) electrons. The number of esters is 1. The number of hydrogen-bond donors (Lipinski definition) is 1. The molecule has 0 fully saturated rings. The first kappa shape index (κ1) is 20.8. The minimum atomic E-state index is -4.17. The van der Waals surface area contributed by atoms with Crippen LogP contribution >= 0.6 is 11.6 Å². The number of sulfonamides is 1. The van der Waals surface area contributed by atoms with E-state index in [1.165, 1.54) is 37.3 Å². The first-order valence-electron chi connectivity index (χ1n) is 8.24. The van der Waals surface area contributed by atoms with Crippen LogP contribution in [0.2, 0.25) is 5.02 Å². The largest absolute Gasteiger partial charge is 0.456 e. The fourth-order valence-electron chi connectivity index (χ4n) is 2.74. The summed E-state index contributed by atoms with van der Waals surface area (Å²) in [5, 5.41) is 0.0107. The average molecular weight is 440 g/mol. The minimum Gasteiger partial charge on any atom is -0.456 e. The smallest absolute Gasteiger partial charge is 0.308 e. The second-order valence-electron chi connectivity index (χ2n) is 6.26. The molecule has 1 unspecified atom stereocenters. The van der Waals surface area contributed by atoms with Crippen molar-refractivity contribution in [1.82, 2.24) is 4.72 Å². The van der Waals surface area contributed by atoms with E-state index in [2.05, 4.69) is 4.72 Å². The zero-order valence-electron chi connectivity index (χ0n) is 15.2. The highest BCUT2D eigenvalue weighted by atomic mass is 35.5. The number of Topliss-reactive ketones (excluding diaryl/α,β-unsaturated/α-hetero) is 1. The fourth-order valence-corrected chi connectivity index (χ4v) is 4.05. The van der Waals surface area contributed by atoms with E-state index in [1.807, 2.05) is 0 Å². The highest BCUT2D eigenvalue weighted by Gasteiger charge is 2.51. The van der Waals surface area contributed by atoms with Gasteiger partial charge in [0.25, 0.3) is 21.7 Å². The van der Waals surface area contributed by atoms with E-state index in [0.717, 1.165) is 19.1 Å². The lowest BCUT2D eigenvalue weighted by atomic mass is 9.91. The number of benzene rings is 2. The minimum absolute atomic E-state index is 0.0107. The molecule has 1 aliphatic rings. The highest BCUT2D eigenvalue weighted by Crippen LogP contribution is 2.41. The van der Waals surface area contributed by atoms with E-state index in [0.29, 0.717) is 0 Å². The predicted molar refractivity (Wildman–Crippen MR) is 100 cm³/mol. The third-order valence-corrected chi connectivity index (χ3v) is 5.80. The van der Waals surface area contributed by atoms with Gasteiger partial charge >= 0.3 is 5.97 Å². The van der Waals surface area contributed by atoms with E-state index in [1.54, 1.807) is 6.07 Å². The molecular weight excluding hydrogens is 425 g/mol. The standard InChI is InChI=1S/C19H15ClFNO6S/c1-11(23)27-16-17(24)19(2,14-10-12(21)8-9-15(14)20)28-18(16)22-29(25,26)13-6-4-3-5-7-13/h3-10,22H,1-2H3. The number of rotatable bonds is 5. The molecule has 0 saturated carbocycles. The molecule has 0 aromatic heterocycles. The Labute approximate surface area is 171 Å². The summed E-state index contributed by atoms with van der Waals surface area (Å²) in [6.45, 7) is 2.30. The number of halogens is 2. The van der Waals surface area contributed by atoms with Crippen molar-refractivity contribution in [2.75, 3.05) is 0 Å². The quantitative estimate of drug-likeness (QED) is 0.719. The summed E-state index contributed by atoms with van der Waals surface area (Å²) in [7, 11) is -4.17. The molecule has 1 heterocycles. The molecule has 7 nitrogen and oxygen atoms in total. The number of hydrogen-bond acceptors (Lipinski definition) is 6. The molecule has 3 rings (SSSR count). The Balaban J connectivity index is 2.06. The van der Waals surface area contributed by atoms with Crippen LogP contribution in [0.25, 0.3) is 0 Å². The van der Waals surface area contributed by atoms with Crippen molar-refractivity contribution >= 4 is 33.4 Å². The summed E-state index contributed by atoms with van der Waals surface area (Å²) < 4.78 is 51.6. The van der Waals surface area contributed by atoms with Crippen LogP contribution in [0.1, 0.15) is 19.4 Å². The molecule has 2 aromatic rings. The lowest BCUT2D eigenvalue weighted by Gasteiger charge is -2.24. The van der Waals surface area contributed by atoms with Crippen LogP contribution in [0.3, 0.4) is 0 Å². The van der Waals surface area contributed by atoms with Crippen molar-refractivity contribution in [3.8, 4) is 0 Å². The summed E-state index contributed by atoms with van der Waals surface area (Å²) in [6, 6.07) is 10.6. The van der Waals surface area contributed by atoms with Crippen molar-refractivity contribution in [3.63, 3.8) is 0 Å². The number of ketones is 1. The third kappa shape index (κ3) is 3.96. The summed E-state index contributed by atoms with van der Waals surface area (Å²) in [4.78, 5) is 24.3. The SMILES string of the molecule is CC(=O)OC1=C(NS(=O)(=O)c2ccccc2)OC(C)(c2cc(F)ccc2Cl)C1=O. The van der Waals surface area contributed by atoms with Gasteiger partial charge in [0, 0.05) is 17.5 Å². The van der Waals surface area contributed by atoms with Gasteiger partial charge in [0.1, 0.15) is 5.82 Å². The Bertz CT molecular complexity index is 1130. The molecule has 1 N–H and O–H groups in total. The molecule has 0 amide bonds. The van der Waals surface area contributed by atoms with Crippen LogP contribution in [-0.2, 0) is 34.7 Å². The van der Waals surface area contributed by atoms with Crippen LogP contribution in [0.5, 0.6) is 0 Å². The molecule has 0 aliphatic carbocycles. The molecule has 0 saturated heterocycles. The molecule has 1 aliphatic heterocycles. The van der Waals surface area contributed by atoms with Gasteiger partial charge in [0.05, 0.1) is 4.90 Å². The first-order valence-corrected chi connectivity index (χ1v) is 10.1. The van der Waals surface area contributed by atoms with Crippen LogP contribution in [0.15, 0.2) is 65.1 Å². The molecule has 152 valence electrons. The van der Waals surface area contributed by atoms with E-state index in [-0.39, 0.29) is 15.5 Å². The van der Waals surface area contributed by atoms with Crippen LogP contribution < -0.4 is 4.72 Å². The average Bonchev–Trinajstić information content (AvgIpc) is 2.88. The van der Waals surface area contributed by atoms with E-state index in [4.69, 9.17) is 21.1 Å². The van der Waals surface area contributed by atoms with Gasteiger partial charge in [-0.05, 0) is 37.3 Å². The summed E-state index contributed by atoms with van der Waals surface area (Å²) in [6.07, 6.45) is 0. The number of nitrogens with one attached hydrogen (secondary N) is 1. The summed E-state index contributed by atoms with van der Waals surface area (Å²) >= 11 is 6.10. The Morgan fingerprint density at radius 3 is 2.48 bits per heavy atom. The molecule has 1 atom stereocenters. The third-order valence-electron chi connectivity index (χ3n) is 4.12. The van der Waals surface area contributed by atoms with Crippen LogP contribution in [-0.4, -0.2) is 20.2 Å². The molecular formula is C19H15ClFNO6S. The summed E-state index contributed by atoms with van der Waals surface area (Å²) in [5.74, 6) is -3.71. The van der Waals surface area contributed by atoms with Gasteiger partial charge in [-0.3, -0.25) is 9.59 Å². The van der Waals surface area contributed by atoms with E-state index < -0.39 is 44.8 Å². The fraction of sp³-hybridized carbons (Fsp3) is 0.158. The highest BCUT2D eigenvalue weighted by molar-refractivity contribution is 7.89. The lowest BCUT2D eigenvalue weighted by molar-refractivity contribution is -0.142. The maximum atomic E-state index is 13.8. The number of carbonyl (C=O) groups is 2. The topological polar surface area (TPSA) is 98.8 Å². The maximum Gasteiger partial charge on any atom is 0.308 e. The molecule has 0 spiro atoms. The predicted octanol–water partition coefficient (Wildman–Crippen LogP) is 3.00. The van der Waals surface area contributed by atoms with Gasteiger partial charge in [0.15, 0.2) is 0 Å². The van der Waals surface area contributed by atoms with E-state index >= 15 is 0 Å². The van der Waals surface area contributed by atoms with Crippen molar-refractivity contribution < 1.29 is 31.9 Å². The van der Waals surface area contributed by atoms with Gasteiger partial charge < -0.3 is 9.47 Å². The lowest BCUT2D eigenvalue weighted by Crippen LogP contribution is -2.33. The maximum absolute atomic E-state index is 13.8. The zero-order chi connectivity index (χ0) is 21.4. The zero-order valence-corrected chi connectivity index (χ0v) is 16.8. The van der Waals surface area contributed by atoms with Gasteiger partial charge in [0.2, 0.25) is 11.4 Å². The number of carbonyl (C=O) groups excluding carboxylic acids is 2. The Kier molecular flexibility index (Phi) is 5.38. The second-order valence-corrected chi connectivity index (χ2v) is 8.35. The van der Waals surface area contributed by atoms with E-state index in [9.17, 15) is 22.4 Å². The molecule has 0 bridgehead atoms. The van der Waals surface area contributed by atoms with Gasteiger partial charge in [-0.2, -0.15) is 0 Å². The monoisotopic (exact) mass is 439 g/mol. The van der Waals surface area contributed by atoms with Crippen LogP contribution in [0, 0.1) is 5.82 Å². The van der Waals surface area contributed by atoms with Gasteiger partial charge in [-0.25, -0.2) is 17.5 Å². The van der Waals surface area contributed by atoms with Crippen molar-refractivity contribution in [1.29, 1.82) is 0 Å². The Morgan fingerprint density at radius 1 is 1.21 bits per heavy atom. The molecule has 2 aromatic carbocycles. The number of ether oxygens (including phenoxy) is 2. The van der Waals surface area contributed by atoms with Crippen molar-refractivity contribution in [2.45, 2.75) is 24.3 Å². The van der Waals surface area contributed by atoms with Gasteiger partial charge in [-0.15, -0.1) is 0 Å². The summed E-state index contributed by atoms with van der Waals surface area (Å²) in [5.41, 5.74) is -1.97. The Morgan fingerprint density at radius 2 is 1.86 bits per heavy atom. The normalized spacial score (nSPS) is 19.1. The Hall–Kier alpha value is -2.91. The first-order chi connectivity index (χ1) is 13.5. The van der Waals surface area contributed by atoms with Crippen molar-refractivity contribution in [3.05, 3.63) is 76.6 Å². The van der Waals surface area contributed by atoms with Crippen LogP contribution in [0.4, 0.5) is 4.39 Å². The van der Waals surface area contributed by atoms with Gasteiger partial charge in [-0.1, -0.05) is 29.8 Å². The van der Waals surface area contributed by atoms with Crippen molar-refractivity contribution in [2.24, 2.45) is 0 Å². The molecule has 10 heteroatoms.